The molecule has 1 aliphatic carbocycles. The zero-order valence-corrected chi connectivity index (χ0v) is 13.0. The van der Waals surface area contributed by atoms with Crippen LogP contribution in [0.2, 0.25) is 0 Å². The number of hydrogen-bond acceptors (Lipinski definition) is 4. The first kappa shape index (κ1) is 15.0. The molecule has 0 saturated heterocycles. The van der Waals surface area contributed by atoms with Gasteiger partial charge in [0, 0.05) is 35.3 Å². The minimum absolute atomic E-state index is 0.174. The Morgan fingerprint density at radius 1 is 1.41 bits per heavy atom. The van der Waals surface area contributed by atoms with E-state index in [9.17, 15) is 9.90 Å². The number of carbonyl (C=O) groups is 1. The third kappa shape index (κ3) is 3.64. The zero-order valence-electron chi connectivity index (χ0n) is 12.2. The minimum Gasteiger partial charge on any atom is -0.393 e. The molecule has 1 aromatic heterocycles. The van der Waals surface area contributed by atoms with Crippen LogP contribution in [0.3, 0.4) is 0 Å². The highest BCUT2D eigenvalue weighted by atomic mass is 32.1. The van der Waals surface area contributed by atoms with E-state index in [0.29, 0.717) is 6.54 Å². The molecule has 2 atom stereocenters. The summed E-state index contributed by atoms with van der Waals surface area (Å²) in [7, 11) is 0. The van der Waals surface area contributed by atoms with Crippen LogP contribution in [-0.2, 0) is 0 Å². The molecule has 0 spiro atoms. The Morgan fingerprint density at radius 2 is 2.32 bits per heavy atom. The van der Waals surface area contributed by atoms with Crippen molar-refractivity contribution in [3.8, 4) is 10.6 Å². The molecule has 0 unspecified atom stereocenters. The van der Waals surface area contributed by atoms with Gasteiger partial charge in [0.2, 0.25) is 0 Å². The van der Waals surface area contributed by atoms with Crippen molar-refractivity contribution in [1.29, 1.82) is 0 Å². The fourth-order valence-electron chi connectivity index (χ4n) is 2.75. The van der Waals surface area contributed by atoms with E-state index < -0.39 is 0 Å². The Hall–Kier alpha value is -1.92. The summed E-state index contributed by atoms with van der Waals surface area (Å²) in [6, 6.07) is 7.38. The molecule has 3 N–H and O–H groups in total. The first-order chi connectivity index (χ1) is 10.7. The summed E-state index contributed by atoms with van der Waals surface area (Å²) in [5.74, 6) is 0.174. The lowest BCUT2D eigenvalue weighted by Crippen LogP contribution is -2.35. The number of anilines is 1. The van der Waals surface area contributed by atoms with E-state index in [0.717, 1.165) is 35.5 Å². The van der Waals surface area contributed by atoms with Gasteiger partial charge >= 0.3 is 6.03 Å². The Kier molecular flexibility index (Phi) is 4.70. The van der Waals surface area contributed by atoms with Gasteiger partial charge in [0.05, 0.1) is 6.10 Å². The van der Waals surface area contributed by atoms with Gasteiger partial charge in [0.25, 0.3) is 0 Å². The van der Waals surface area contributed by atoms with Crippen LogP contribution < -0.4 is 10.6 Å². The van der Waals surface area contributed by atoms with Crippen LogP contribution in [0, 0.1) is 5.92 Å². The SMILES string of the molecule is O=C(NC[C@H]1CCC[C@H]1O)Nc1cccc(-c2nccs2)c1. The summed E-state index contributed by atoms with van der Waals surface area (Å²) in [5.41, 5.74) is 1.72. The van der Waals surface area contributed by atoms with Crippen molar-refractivity contribution in [1.82, 2.24) is 10.3 Å². The fourth-order valence-corrected chi connectivity index (χ4v) is 3.39. The second kappa shape index (κ2) is 6.89. The quantitative estimate of drug-likeness (QED) is 0.811. The molecule has 1 heterocycles. The van der Waals surface area contributed by atoms with Crippen molar-refractivity contribution in [3.05, 3.63) is 35.8 Å². The number of benzene rings is 1. The van der Waals surface area contributed by atoms with Gasteiger partial charge in [-0.1, -0.05) is 18.6 Å². The first-order valence-corrected chi connectivity index (χ1v) is 8.33. The van der Waals surface area contributed by atoms with E-state index in [1.807, 2.05) is 29.6 Å². The minimum atomic E-state index is -0.284. The monoisotopic (exact) mass is 317 g/mol. The maximum absolute atomic E-state index is 12.0. The number of carbonyl (C=O) groups excluding carboxylic acids is 1. The van der Waals surface area contributed by atoms with E-state index in [1.54, 1.807) is 17.5 Å². The number of aromatic nitrogens is 1. The summed E-state index contributed by atoms with van der Waals surface area (Å²) in [6.07, 6.45) is 4.32. The lowest BCUT2D eigenvalue weighted by atomic mass is 10.1. The van der Waals surface area contributed by atoms with E-state index in [-0.39, 0.29) is 18.1 Å². The van der Waals surface area contributed by atoms with Crippen molar-refractivity contribution in [2.75, 3.05) is 11.9 Å². The molecule has 6 heteroatoms. The molecular formula is C16H19N3O2S. The number of urea groups is 1. The van der Waals surface area contributed by atoms with Crippen molar-refractivity contribution < 1.29 is 9.90 Å². The number of amides is 2. The molecule has 5 nitrogen and oxygen atoms in total. The predicted octanol–water partition coefficient (Wildman–Crippen LogP) is 3.09. The average molecular weight is 317 g/mol. The van der Waals surface area contributed by atoms with Gasteiger partial charge in [-0.15, -0.1) is 11.3 Å². The van der Waals surface area contributed by atoms with Gasteiger partial charge in [-0.3, -0.25) is 0 Å². The number of thiazole rings is 1. The topological polar surface area (TPSA) is 74.2 Å². The molecule has 22 heavy (non-hydrogen) atoms. The van der Waals surface area contributed by atoms with Crippen LogP contribution in [0.25, 0.3) is 10.6 Å². The number of hydrogen-bond donors (Lipinski definition) is 3. The van der Waals surface area contributed by atoms with Crippen LogP contribution in [0.15, 0.2) is 35.8 Å². The molecule has 0 aliphatic heterocycles. The molecule has 116 valence electrons. The Morgan fingerprint density at radius 3 is 3.05 bits per heavy atom. The lowest BCUT2D eigenvalue weighted by Gasteiger charge is -2.15. The Balaban J connectivity index is 1.56. The van der Waals surface area contributed by atoms with Gasteiger partial charge < -0.3 is 15.7 Å². The van der Waals surface area contributed by atoms with Crippen molar-refractivity contribution in [2.45, 2.75) is 25.4 Å². The maximum atomic E-state index is 12.0. The summed E-state index contributed by atoms with van der Waals surface area (Å²) in [5, 5.41) is 18.3. The van der Waals surface area contributed by atoms with Gasteiger partial charge in [-0.25, -0.2) is 9.78 Å². The smallest absolute Gasteiger partial charge is 0.319 e. The summed E-state index contributed by atoms with van der Waals surface area (Å²) >= 11 is 1.56. The molecule has 1 aliphatic rings. The molecule has 3 rings (SSSR count). The maximum Gasteiger partial charge on any atom is 0.319 e. The number of aliphatic hydroxyl groups excluding tert-OH is 1. The summed E-state index contributed by atoms with van der Waals surface area (Å²) in [6.45, 7) is 0.513. The number of aliphatic hydroxyl groups is 1. The Labute approximate surface area is 133 Å². The van der Waals surface area contributed by atoms with Gasteiger partial charge in [-0.05, 0) is 25.0 Å². The second-order valence-corrected chi connectivity index (χ2v) is 6.41. The van der Waals surface area contributed by atoms with Crippen molar-refractivity contribution in [3.63, 3.8) is 0 Å². The van der Waals surface area contributed by atoms with E-state index in [2.05, 4.69) is 15.6 Å². The van der Waals surface area contributed by atoms with Crippen LogP contribution in [0.5, 0.6) is 0 Å². The van der Waals surface area contributed by atoms with Crippen LogP contribution >= 0.6 is 11.3 Å². The average Bonchev–Trinajstić information content (AvgIpc) is 3.17. The third-order valence-electron chi connectivity index (χ3n) is 3.94. The zero-order chi connectivity index (χ0) is 15.4. The van der Waals surface area contributed by atoms with Gasteiger partial charge in [0.1, 0.15) is 5.01 Å². The standard InChI is InChI=1S/C16H19N3O2S/c20-14-6-2-4-12(14)10-18-16(21)19-13-5-1-3-11(9-13)15-17-7-8-22-15/h1,3,5,7-9,12,14,20H,2,4,6,10H2,(H2,18,19,21)/t12-,14-/m1/s1. The van der Waals surface area contributed by atoms with Crippen LogP contribution in [0.1, 0.15) is 19.3 Å². The number of nitrogens with zero attached hydrogens (tertiary/aromatic N) is 1. The molecule has 1 aromatic carbocycles. The first-order valence-electron chi connectivity index (χ1n) is 7.45. The Bertz CT molecular complexity index is 630. The van der Waals surface area contributed by atoms with E-state index in [4.69, 9.17) is 0 Å². The van der Waals surface area contributed by atoms with Crippen LogP contribution in [-0.4, -0.2) is 28.8 Å². The molecule has 0 bridgehead atoms. The third-order valence-corrected chi connectivity index (χ3v) is 4.77. The highest BCUT2D eigenvalue weighted by Gasteiger charge is 2.25. The lowest BCUT2D eigenvalue weighted by molar-refractivity contribution is 0.133. The molecule has 1 saturated carbocycles. The van der Waals surface area contributed by atoms with Crippen molar-refractivity contribution >= 4 is 23.1 Å². The molecule has 1 fully saturated rings. The van der Waals surface area contributed by atoms with E-state index in [1.165, 1.54) is 0 Å². The second-order valence-electron chi connectivity index (χ2n) is 5.51. The van der Waals surface area contributed by atoms with Gasteiger partial charge in [0.15, 0.2) is 0 Å². The fraction of sp³-hybridized carbons (Fsp3) is 0.375. The highest BCUT2D eigenvalue weighted by Crippen LogP contribution is 2.25. The summed E-state index contributed by atoms with van der Waals surface area (Å²) < 4.78 is 0. The molecule has 2 aromatic rings. The predicted molar refractivity (Wildman–Crippen MR) is 87.9 cm³/mol. The highest BCUT2D eigenvalue weighted by molar-refractivity contribution is 7.13. The normalized spacial score (nSPS) is 20.8. The number of rotatable bonds is 4. The van der Waals surface area contributed by atoms with E-state index >= 15 is 0 Å². The summed E-state index contributed by atoms with van der Waals surface area (Å²) in [4.78, 5) is 16.2. The molecule has 2 amide bonds. The van der Waals surface area contributed by atoms with Crippen LogP contribution in [0.4, 0.5) is 10.5 Å². The largest absolute Gasteiger partial charge is 0.393 e. The van der Waals surface area contributed by atoms with Gasteiger partial charge in [-0.2, -0.15) is 0 Å². The molecule has 0 radical (unpaired) electrons. The van der Waals surface area contributed by atoms with Crippen molar-refractivity contribution in [2.24, 2.45) is 5.92 Å². The number of nitrogens with one attached hydrogen (secondary N) is 2. The molecular weight excluding hydrogens is 298 g/mol.